The van der Waals surface area contributed by atoms with Gasteiger partial charge in [0.25, 0.3) is 0 Å². The van der Waals surface area contributed by atoms with Gasteiger partial charge in [-0.15, -0.1) is 5.10 Å². The molecule has 1 aliphatic heterocycles. The summed E-state index contributed by atoms with van der Waals surface area (Å²) < 4.78 is 13.0. The van der Waals surface area contributed by atoms with E-state index in [1.54, 1.807) is 4.52 Å². The molecule has 3 heterocycles. The lowest BCUT2D eigenvalue weighted by molar-refractivity contribution is -0.121. The van der Waals surface area contributed by atoms with E-state index in [0.29, 0.717) is 42.1 Å². The number of rotatable bonds is 7. The number of benzene rings is 3. The Hall–Kier alpha value is -5.19. The largest absolute Gasteiger partial charge is 0.490 e. The molecule has 1 saturated carbocycles. The van der Waals surface area contributed by atoms with E-state index in [1.165, 1.54) is 4.90 Å². The first-order chi connectivity index (χ1) is 20.6. The van der Waals surface area contributed by atoms with Crippen molar-refractivity contribution in [1.29, 1.82) is 0 Å². The van der Waals surface area contributed by atoms with Gasteiger partial charge in [0.15, 0.2) is 11.5 Å². The Morgan fingerprint density at radius 2 is 1.76 bits per heavy atom. The zero-order chi connectivity index (χ0) is 28.5. The lowest BCUT2D eigenvalue weighted by Gasteiger charge is -2.23. The van der Waals surface area contributed by atoms with Crippen LogP contribution in [0.4, 0.5) is 10.7 Å². The van der Waals surface area contributed by atoms with Gasteiger partial charge in [0.05, 0.1) is 18.2 Å². The Morgan fingerprint density at radius 3 is 2.57 bits per heavy atom. The van der Waals surface area contributed by atoms with Crippen molar-refractivity contribution in [2.75, 3.05) is 25.0 Å². The minimum atomic E-state index is -0.792. The minimum Gasteiger partial charge on any atom is -0.490 e. The van der Waals surface area contributed by atoms with Gasteiger partial charge in [-0.25, -0.2) is 14.8 Å². The third kappa shape index (κ3) is 5.40. The van der Waals surface area contributed by atoms with Crippen molar-refractivity contribution in [3.63, 3.8) is 0 Å². The normalized spacial score (nSPS) is 17.1. The number of aromatic nitrogens is 4. The van der Waals surface area contributed by atoms with Crippen LogP contribution in [0.25, 0.3) is 27.9 Å². The average molecular weight is 564 g/mol. The third-order valence-corrected chi connectivity index (χ3v) is 7.29. The van der Waals surface area contributed by atoms with Crippen molar-refractivity contribution in [3.8, 4) is 17.1 Å². The van der Waals surface area contributed by atoms with Crippen molar-refractivity contribution >= 4 is 34.5 Å². The Balaban J connectivity index is 1.16. The SMILES string of the molecule is O=C1NCCN(C(=O)OCc2ccccc2)C[C@H]1Nc1nc2ccccc2c2nc(-c3ccc(OC4CC4)cc3)nn12. The number of carbonyl (C=O) groups is 2. The van der Waals surface area contributed by atoms with E-state index >= 15 is 0 Å². The van der Waals surface area contributed by atoms with E-state index < -0.39 is 12.1 Å². The summed E-state index contributed by atoms with van der Waals surface area (Å²) >= 11 is 0. The summed E-state index contributed by atoms with van der Waals surface area (Å²) in [6.45, 7) is 0.884. The number of hydrogen-bond donors (Lipinski definition) is 2. The molecule has 3 aromatic carbocycles. The van der Waals surface area contributed by atoms with Gasteiger partial charge in [0.2, 0.25) is 11.9 Å². The number of anilines is 1. The van der Waals surface area contributed by atoms with Gasteiger partial charge in [0, 0.05) is 24.0 Å². The van der Waals surface area contributed by atoms with Gasteiger partial charge in [-0.3, -0.25) is 4.79 Å². The topological polar surface area (TPSA) is 123 Å². The fourth-order valence-corrected chi connectivity index (χ4v) is 4.91. The standard InChI is InChI=1S/C31H29N7O4/c39-29-26(18-37(17-16-32-29)31(40)41-19-20-6-2-1-3-7-20)34-30-33-25-9-5-4-8-24(25)28-35-27(36-38(28)30)21-10-12-22(13-11-21)42-23-14-15-23/h1-13,23,26H,14-19H2,(H,32,39)(H,33,34)/t26-/m1/s1. The number of hydrogen-bond acceptors (Lipinski definition) is 8. The van der Waals surface area contributed by atoms with E-state index in [9.17, 15) is 9.59 Å². The van der Waals surface area contributed by atoms with Crippen LogP contribution in [-0.4, -0.2) is 68.3 Å². The Labute approximate surface area is 241 Å². The maximum Gasteiger partial charge on any atom is 0.410 e. The summed E-state index contributed by atoms with van der Waals surface area (Å²) in [5.74, 6) is 1.44. The summed E-state index contributed by atoms with van der Waals surface area (Å²) in [7, 11) is 0. The summed E-state index contributed by atoms with van der Waals surface area (Å²) in [4.78, 5) is 37.2. The van der Waals surface area contributed by atoms with Crippen LogP contribution in [0.3, 0.4) is 0 Å². The minimum absolute atomic E-state index is 0.0967. The second-order valence-corrected chi connectivity index (χ2v) is 10.4. The molecule has 212 valence electrons. The van der Waals surface area contributed by atoms with Crippen LogP contribution in [0.1, 0.15) is 18.4 Å². The van der Waals surface area contributed by atoms with Crippen LogP contribution in [0.5, 0.6) is 5.75 Å². The number of para-hydroxylation sites is 1. The number of nitrogens with one attached hydrogen (secondary N) is 2. The zero-order valence-corrected chi connectivity index (χ0v) is 22.8. The molecule has 0 unspecified atom stereocenters. The van der Waals surface area contributed by atoms with Crippen molar-refractivity contribution in [1.82, 2.24) is 29.8 Å². The highest BCUT2D eigenvalue weighted by molar-refractivity contribution is 5.93. The first-order valence-electron chi connectivity index (χ1n) is 14.0. The molecular formula is C31H29N7O4. The number of nitrogens with zero attached hydrogens (tertiary/aromatic N) is 5. The summed E-state index contributed by atoms with van der Waals surface area (Å²) in [6.07, 6.45) is 2.02. The summed E-state index contributed by atoms with van der Waals surface area (Å²) in [5.41, 5.74) is 3.02. The highest BCUT2D eigenvalue weighted by Crippen LogP contribution is 2.29. The molecule has 0 spiro atoms. The fourth-order valence-electron chi connectivity index (χ4n) is 4.91. The van der Waals surface area contributed by atoms with E-state index in [0.717, 1.165) is 35.1 Å². The van der Waals surface area contributed by atoms with E-state index in [4.69, 9.17) is 24.5 Å². The van der Waals surface area contributed by atoms with E-state index in [2.05, 4.69) is 10.6 Å². The first-order valence-corrected chi connectivity index (χ1v) is 14.0. The number of ether oxygens (including phenoxy) is 2. The van der Waals surface area contributed by atoms with Gasteiger partial charge in [-0.05, 0) is 54.8 Å². The van der Waals surface area contributed by atoms with Crippen LogP contribution < -0.4 is 15.4 Å². The molecule has 42 heavy (non-hydrogen) atoms. The molecule has 1 aliphatic carbocycles. The third-order valence-electron chi connectivity index (χ3n) is 7.29. The molecule has 2 aromatic heterocycles. The number of amides is 2. The Kier molecular flexibility index (Phi) is 6.75. The molecule has 2 N–H and O–H groups in total. The number of carbonyl (C=O) groups excluding carboxylic acids is 2. The highest BCUT2D eigenvalue weighted by atomic mass is 16.6. The molecule has 1 atom stereocenters. The van der Waals surface area contributed by atoms with Crippen LogP contribution >= 0.6 is 0 Å². The maximum atomic E-state index is 13.1. The highest BCUT2D eigenvalue weighted by Gasteiger charge is 2.30. The fraction of sp³-hybridized carbons (Fsp3) is 0.258. The van der Waals surface area contributed by atoms with Gasteiger partial charge in [0.1, 0.15) is 18.4 Å². The quantitative estimate of drug-likeness (QED) is 0.304. The monoisotopic (exact) mass is 563 g/mol. The van der Waals surface area contributed by atoms with E-state index in [1.807, 2.05) is 78.9 Å². The maximum absolute atomic E-state index is 13.1. The van der Waals surface area contributed by atoms with Crippen molar-refractivity contribution in [3.05, 3.63) is 84.4 Å². The molecule has 0 bridgehead atoms. The molecule has 1 saturated heterocycles. The smallest absolute Gasteiger partial charge is 0.410 e. The van der Waals surface area contributed by atoms with E-state index in [-0.39, 0.29) is 19.1 Å². The van der Waals surface area contributed by atoms with Crippen molar-refractivity contribution < 1.29 is 19.1 Å². The first kappa shape index (κ1) is 25.8. The molecule has 5 aromatic rings. The predicted molar refractivity (Wildman–Crippen MR) is 156 cm³/mol. The number of fused-ring (bicyclic) bond motifs is 3. The molecular weight excluding hydrogens is 534 g/mol. The van der Waals surface area contributed by atoms with Gasteiger partial charge >= 0.3 is 6.09 Å². The molecule has 2 fully saturated rings. The lowest BCUT2D eigenvalue weighted by atomic mass is 10.2. The van der Waals surface area contributed by atoms with Crippen molar-refractivity contribution in [2.45, 2.75) is 31.6 Å². The van der Waals surface area contributed by atoms with Gasteiger partial charge in [-0.1, -0.05) is 42.5 Å². The predicted octanol–water partition coefficient (Wildman–Crippen LogP) is 4.03. The Morgan fingerprint density at radius 1 is 0.976 bits per heavy atom. The molecule has 11 nitrogen and oxygen atoms in total. The van der Waals surface area contributed by atoms with Crippen molar-refractivity contribution in [2.24, 2.45) is 0 Å². The van der Waals surface area contributed by atoms with Crippen LogP contribution in [-0.2, 0) is 16.1 Å². The van der Waals surface area contributed by atoms with Gasteiger partial charge in [-0.2, -0.15) is 4.52 Å². The average Bonchev–Trinajstić information content (AvgIpc) is 3.76. The summed E-state index contributed by atoms with van der Waals surface area (Å²) in [5, 5.41) is 11.7. The Bertz CT molecular complexity index is 1750. The summed E-state index contributed by atoms with van der Waals surface area (Å²) in [6, 6.07) is 24.1. The molecule has 0 radical (unpaired) electrons. The van der Waals surface area contributed by atoms with Crippen LogP contribution in [0.15, 0.2) is 78.9 Å². The zero-order valence-electron chi connectivity index (χ0n) is 22.8. The lowest BCUT2D eigenvalue weighted by Crippen LogP contribution is -2.44. The molecule has 7 rings (SSSR count). The van der Waals surface area contributed by atoms with Crippen LogP contribution in [0, 0.1) is 0 Å². The molecule has 2 amide bonds. The molecule has 2 aliphatic rings. The second-order valence-electron chi connectivity index (χ2n) is 10.4. The van der Waals surface area contributed by atoms with Gasteiger partial charge < -0.3 is 25.0 Å². The molecule has 11 heteroatoms. The van der Waals surface area contributed by atoms with Crippen LogP contribution in [0.2, 0.25) is 0 Å². The second kappa shape index (κ2) is 11.0.